The van der Waals surface area contributed by atoms with Gasteiger partial charge in [-0.25, -0.2) is 4.79 Å². The topological polar surface area (TPSA) is 54.7 Å². The second-order valence-electron chi connectivity index (χ2n) is 7.41. The SMILES string of the molecule is COc1cccc([C@H](CNCc2cc(=O)oc3cc(C)c(C)cc23)N(C)C)c1. The zero-order valence-electron chi connectivity index (χ0n) is 17.2. The van der Waals surface area contributed by atoms with Crippen LogP contribution in [0.25, 0.3) is 11.0 Å². The summed E-state index contributed by atoms with van der Waals surface area (Å²) in [6.45, 7) is 5.43. The second-order valence-corrected chi connectivity index (χ2v) is 7.41. The van der Waals surface area contributed by atoms with Crippen molar-refractivity contribution >= 4 is 11.0 Å². The van der Waals surface area contributed by atoms with E-state index in [1.54, 1.807) is 13.2 Å². The number of nitrogens with zero attached hydrogens (tertiary/aromatic N) is 1. The van der Waals surface area contributed by atoms with Gasteiger partial charge in [0.1, 0.15) is 11.3 Å². The van der Waals surface area contributed by atoms with Crippen molar-refractivity contribution in [1.82, 2.24) is 10.2 Å². The van der Waals surface area contributed by atoms with E-state index < -0.39 is 0 Å². The van der Waals surface area contributed by atoms with E-state index in [9.17, 15) is 4.79 Å². The van der Waals surface area contributed by atoms with Crippen molar-refractivity contribution in [2.75, 3.05) is 27.7 Å². The van der Waals surface area contributed by atoms with Crippen LogP contribution in [0.2, 0.25) is 0 Å². The van der Waals surface area contributed by atoms with Crippen LogP contribution >= 0.6 is 0 Å². The van der Waals surface area contributed by atoms with Gasteiger partial charge in [-0.05, 0) is 74.5 Å². The molecule has 1 N–H and O–H groups in total. The molecule has 0 aliphatic rings. The van der Waals surface area contributed by atoms with Crippen molar-refractivity contribution in [2.24, 2.45) is 0 Å². The van der Waals surface area contributed by atoms with Gasteiger partial charge in [-0.2, -0.15) is 0 Å². The molecule has 3 aromatic rings. The summed E-state index contributed by atoms with van der Waals surface area (Å²) < 4.78 is 10.7. The molecule has 1 heterocycles. The molecule has 0 unspecified atom stereocenters. The maximum absolute atomic E-state index is 12.0. The Balaban J connectivity index is 1.81. The summed E-state index contributed by atoms with van der Waals surface area (Å²) >= 11 is 0. The van der Waals surface area contributed by atoms with Crippen LogP contribution in [0, 0.1) is 13.8 Å². The number of fused-ring (bicyclic) bond motifs is 1. The summed E-state index contributed by atoms with van der Waals surface area (Å²) in [6, 6.07) is 13.9. The van der Waals surface area contributed by atoms with Crippen molar-refractivity contribution in [2.45, 2.75) is 26.4 Å². The molecular weight excluding hydrogens is 352 g/mol. The zero-order valence-corrected chi connectivity index (χ0v) is 17.2. The molecule has 0 spiro atoms. The first-order valence-corrected chi connectivity index (χ1v) is 9.44. The van der Waals surface area contributed by atoms with Crippen molar-refractivity contribution in [3.05, 3.63) is 75.1 Å². The van der Waals surface area contributed by atoms with E-state index in [-0.39, 0.29) is 11.7 Å². The summed E-state index contributed by atoms with van der Waals surface area (Å²) in [4.78, 5) is 14.2. The molecule has 1 atom stereocenters. The van der Waals surface area contributed by atoms with E-state index in [1.807, 2.05) is 25.1 Å². The normalized spacial score (nSPS) is 12.5. The molecule has 5 heteroatoms. The van der Waals surface area contributed by atoms with Crippen LogP contribution in [0.4, 0.5) is 0 Å². The monoisotopic (exact) mass is 380 g/mol. The lowest BCUT2D eigenvalue weighted by Crippen LogP contribution is -2.31. The molecule has 0 amide bonds. The van der Waals surface area contributed by atoms with Crippen LogP contribution in [-0.2, 0) is 6.54 Å². The number of hydrogen-bond donors (Lipinski definition) is 1. The van der Waals surface area contributed by atoms with Crippen molar-refractivity contribution in [3.8, 4) is 5.75 Å². The number of nitrogens with one attached hydrogen (secondary N) is 1. The van der Waals surface area contributed by atoms with Gasteiger partial charge in [-0.15, -0.1) is 0 Å². The van der Waals surface area contributed by atoms with Crippen molar-refractivity contribution in [3.63, 3.8) is 0 Å². The average molecular weight is 380 g/mol. The lowest BCUT2D eigenvalue weighted by Gasteiger charge is -2.25. The lowest BCUT2D eigenvalue weighted by atomic mass is 10.0. The number of ether oxygens (including phenoxy) is 1. The van der Waals surface area contributed by atoms with Crippen molar-refractivity contribution < 1.29 is 9.15 Å². The third-order valence-electron chi connectivity index (χ3n) is 5.20. The fourth-order valence-corrected chi connectivity index (χ4v) is 3.42. The summed E-state index contributed by atoms with van der Waals surface area (Å²) in [6.07, 6.45) is 0. The Morgan fingerprint density at radius 2 is 1.86 bits per heavy atom. The highest BCUT2D eigenvalue weighted by molar-refractivity contribution is 5.81. The third-order valence-corrected chi connectivity index (χ3v) is 5.20. The van der Waals surface area contributed by atoms with Gasteiger partial charge in [-0.1, -0.05) is 12.1 Å². The minimum Gasteiger partial charge on any atom is -0.497 e. The zero-order chi connectivity index (χ0) is 20.3. The lowest BCUT2D eigenvalue weighted by molar-refractivity contribution is 0.287. The second kappa shape index (κ2) is 8.59. The van der Waals surface area contributed by atoms with Gasteiger partial charge in [0, 0.05) is 30.6 Å². The predicted molar refractivity (Wildman–Crippen MR) is 113 cm³/mol. The van der Waals surface area contributed by atoms with Gasteiger partial charge in [0.15, 0.2) is 0 Å². The first-order valence-electron chi connectivity index (χ1n) is 9.44. The fourth-order valence-electron chi connectivity index (χ4n) is 3.42. The molecule has 148 valence electrons. The van der Waals surface area contributed by atoms with E-state index in [1.165, 1.54) is 11.1 Å². The standard InChI is InChI=1S/C23H28N2O3/c1-15-9-20-18(12-23(26)28-22(20)10-16(15)2)13-24-14-21(25(3)4)17-7-6-8-19(11-17)27-5/h6-12,21,24H,13-14H2,1-5H3/t21-/m0/s1. The van der Waals surface area contributed by atoms with E-state index in [4.69, 9.17) is 9.15 Å². The smallest absolute Gasteiger partial charge is 0.336 e. The first-order chi connectivity index (χ1) is 13.4. The minimum absolute atomic E-state index is 0.186. The van der Waals surface area contributed by atoms with Crippen LogP contribution in [0.1, 0.15) is 28.3 Å². The number of likely N-dealkylation sites (N-methyl/N-ethyl adjacent to an activating group) is 1. The average Bonchev–Trinajstić information content (AvgIpc) is 2.66. The van der Waals surface area contributed by atoms with Gasteiger partial charge in [-0.3, -0.25) is 0 Å². The van der Waals surface area contributed by atoms with Crippen LogP contribution in [0.3, 0.4) is 0 Å². The van der Waals surface area contributed by atoms with E-state index in [2.05, 4.69) is 49.4 Å². The van der Waals surface area contributed by atoms with Gasteiger partial charge >= 0.3 is 5.63 Å². The Hall–Kier alpha value is -2.63. The first kappa shape index (κ1) is 20.1. The maximum Gasteiger partial charge on any atom is 0.336 e. The number of hydrogen-bond acceptors (Lipinski definition) is 5. The van der Waals surface area contributed by atoms with E-state index in [0.29, 0.717) is 12.1 Å². The third kappa shape index (κ3) is 4.43. The number of methoxy groups -OCH3 is 1. The van der Waals surface area contributed by atoms with E-state index >= 15 is 0 Å². The quantitative estimate of drug-likeness (QED) is 0.632. The molecule has 0 radical (unpaired) electrons. The predicted octanol–water partition coefficient (Wildman–Crippen LogP) is 3.81. The molecule has 2 aromatic carbocycles. The molecule has 5 nitrogen and oxygen atoms in total. The Morgan fingerprint density at radius 3 is 2.57 bits per heavy atom. The molecular formula is C23H28N2O3. The molecule has 28 heavy (non-hydrogen) atoms. The summed E-state index contributed by atoms with van der Waals surface area (Å²) in [7, 11) is 5.80. The maximum atomic E-state index is 12.0. The van der Waals surface area contributed by atoms with Crippen LogP contribution < -0.4 is 15.7 Å². The molecule has 0 fully saturated rings. The Labute approximate surface area is 165 Å². The number of rotatable bonds is 7. The van der Waals surface area contributed by atoms with E-state index in [0.717, 1.165) is 28.8 Å². The Morgan fingerprint density at radius 1 is 1.11 bits per heavy atom. The Bertz CT molecular complexity index is 1020. The van der Waals surface area contributed by atoms with Gasteiger partial charge < -0.3 is 19.4 Å². The highest BCUT2D eigenvalue weighted by Crippen LogP contribution is 2.24. The molecule has 0 saturated heterocycles. The summed E-state index contributed by atoms with van der Waals surface area (Å²) in [5.41, 5.74) is 4.77. The molecule has 1 aromatic heterocycles. The highest BCUT2D eigenvalue weighted by Gasteiger charge is 2.15. The van der Waals surface area contributed by atoms with Gasteiger partial charge in [0.05, 0.1) is 7.11 Å². The largest absolute Gasteiger partial charge is 0.497 e. The molecule has 3 rings (SSSR count). The van der Waals surface area contributed by atoms with Crippen LogP contribution in [0.15, 0.2) is 51.7 Å². The van der Waals surface area contributed by atoms with Crippen LogP contribution in [-0.4, -0.2) is 32.6 Å². The van der Waals surface area contributed by atoms with Gasteiger partial charge in [0.2, 0.25) is 0 Å². The summed E-state index contributed by atoms with van der Waals surface area (Å²) in [5.74, 6) is 0.849. The molecule has 0 saturated carbocycles. The van der Waals surface area contributed by atoms with Crippen molar-refractivity contribution in [1.29, 1.82) is 0 Å². The summed E-state index contributed by atoms with van der Waals surface area (Å²) in [5, 5.41) is 4.49. The Kier molecular flexibility index (Phi) is 6.17. The molecule has 0 aliphatic heterocycles. The van der Waals surface area contributed by atoms with Gasteiger partial charge in [0.25, 0.3) is 0 Å². The molecule has 0 aliphatic carbocycles. The highest BCUT2D eigenvalue weighted by atomic mass is 16.5. The number of aryl methyl sites for hydroxylation is 2. The minimum atomic E-state index is -0.315. The van der Waals surface area contributed by atoms with Crippen LogP contribution in [0.5, 0.6) is 5.75 Å². The number of benzene rings is 2. The fraction of sp³-hybridized carbons (Fsp3) is 0.348. The molecule has 0 bridgehead atoms.